The van der Waals surface area contributed by atoms with Crippen LogP contribution in [0, 0.1) is 17.1 Å². The van der Waals surface area contributed by atoms with Crippen molar-refractivity contribution >= 4 is 6.08 Å². The third-order valence-electron chi connectivity index (χ3n) is 5.33. The number of halogens is 1. The van der Waals surface area contributed by atoms with Crippen LogP contribution in [0.1, 0.15) is 41.5 Å². The van der Waals surface area contributed by atoms with E-state index in [0.717, 1.165) is 31.5 Å². The van der Waals surface area contributed by atoms with Crippen molar-refractivity contribution in [2.75, 3.05) is 6.54 Å². The molecule has 0 spiro atoms. The standard InChI is InChI=1S/C22H21FN2/c23-21-8-7-18-11-20(12-19(18)13-21)22-6-1-2-9-25(22)15-17-5-3-4-16(10-17)14-24/h3-5,7-8,10,12-13,22H,1-2,6,9,11,15H2. The van der Waals surface area contributed by atoms with Crippen molar-refractivity contribution in [2.24, 2.45) is 0 Å². The van der Waals surface area contributed by atoms with Gasteiger partial charge in [-0.2, -0.15) is 5.26 Å². The van der Waals surface area contributed by atoms with Crippen LogP contribution in [0.4, 0.5) is 4.39 Å². The Balaban J connectivity index is 1.56. The maximum atomic E-state index is 13.5. The van der Waals surface area contributed by atoms with Gasteiger partial charge in [0.2, 0.25) is 0 Å². The lowest BCUT2D eigenvalue weighted by molar-refractivity contribution is 0.163. The van der Waals surface area contributed by atoms with Gasteiger partial charge in [-0.05, 0) is 72.3 Å². The molecule has 2 aromatic rings. The van der Waals surface area contributed by atoms with E-state index in [-0.39, 0.29) is 5.82 Å². The predicted octanol–water partition coefficient (Wildman–Crippen LogP) is 4.69. The first-order valence-corrected chi connectivity index (χ1v) is 8.95. The molecule has 0 amide bonds. The number of benzene rings is 2. The third kappa shape index (κ3) is 3.36. The molecule has 2 nitrogen and oxygen atoms in total. The van der Waals surface area contributed by atoms with Crippen LogP contribution in [0.2, 0.25) is 0 Å². The molecule has 25 heavy (non-hydrogen) atoms. The number of rotatable bonds is 3. The molecule has 1 aliphatic carbocycles. The number of likely N-dealkylation sites (tertiary alicyclic amines) is 1. The Bertz CT molecular complexity index is 863. The summed E-state index contributed by atoms with van der Waals surface area (Å²) in [5, 5.41) is 9.11. The average Bonchev–Trinajstić information content (AvgIpc) is 3.05. The molecule has 1 saturated heterocycles. The highest BCUT2D eigenvalue weighted by Gasteiger charge is 2.28. The first-order chi connectivity index (χ1) is 12.2. The van der Waals surface area contributed by atoms with Crippen molar-refractivity contribution in [3.63, 3.8) is 0 Å². The van der Waals surface area contributed by atoms with E-state index in [1.165, 1.54) is 29.5 Å². The van der Waals surface area contributed by atoms with Crippen molar-refractivity contribution in [1.82, 2.24) is 4.90 Å². The molecule has 0 aromatic heterocycles. The summed E-state index contributed by atoms with van der Waals surface area (Å²) in [6.07, 6.45) is 6.72. The second-order valence-corrected chi connectivity index (χ2v) is 7.03. The number of nitriles is 1. The van der Waals surface area contributed by atoms with Crippen LogP contribution < -0.4 is 0 Å². The molecular weight excluding hydrogens is 311 g/mol. The summed E-state index contributed by atoms with van der Waals surface area (Å²) in [5.74, 6) is -0.162. The first kappa shape index (κ1) is 16.1. The van der Waals surface area contributed by atoms with Crippen LogP contribution in [0.5, 0.6) is 0 Å². The quantitative estimate of drug-likeness (QED) is 0.815. The number of piperidine rings is 1. The van der Waals surface area contributed by atoms with E-state index in [9.17, 15) is 4.39 Å². The van der Waals surface area contributed by atoms with E-state index in [1.54, 1.807) is 12.1 Å². The lowest BCUT2D eigenvalue weighted by Gasteiger charge is -2.37. The molecule has 2 aromatic carbocycles. The molecule has 1 fully saturated rings. The fourth-order valence-electron chi connectivity index (χ4n) is 4.12. The van der Waals surface area contributed by atoms with E-state index in [0.29, 0.717) is 11.6 Å². The SMILES string of the molecule is N#Cc1cccc(CN2CCCCC2C2=Cc3cc(F)ccc3C2)c1. The summed E-state index contributed by atoms with van der Waals surface area (Å²) in [6.45, 7) is 1.94. The van der Waals surface area contributed by atoms with Crippen molar-refractivity contribution in [3.8, 4) is 6.07 Å². The minimum absolute atomic E-state index is 0.162. The molecule has 126 valence electrons. The van der Waals surface area contributed by atoms with Crippen molar-refractivity contribution in [1.29, 1.82) is 5.26 Å². The zero-order chi connectivity index (χ0) is 17.2. The number of nitrogens with zero attached hydrogens (tertiary/aromatic N) is 2. The van der Waals surface area contributed by atoms with Crippen LogP contribution >= 0.6 is 0 Å². The van der Waals surface area contributed by atoms with Gasteiger partial charge in [-0.1, -0.05) is 30.7 Å². The van der Waals surface area contributed by atoms with Crippen LogP contribution in [0.3, 0.4) is 0 Å². The topological polar surface area (TPSA) is 27.0 Å². The lowest BCUT2D eigenvalue weighted by atomic mass is 9.93. The summed E-state index contributed by atoms with van der Waals surface area (Å²) < 4.78 is 13.5. The highest BCUT2D eigenvalue weighted by molar-refractivity contribution is 5.65. The molecule has 1 aliphatic heterocycles. The molecule has 1 heterocycles. The summed E-state index contributed by atoms with van der Waals surface area (Å²) in [7, 11) is 0. The number of hydrogen-bond donors (Lipinski definition) is 0. The minimum Gasteiger partial charge on any atom is -0.292 e. The van der Waals surface area contributed by atoms with Gasteiger partial charge in [-0.15, -0.1) is 0 Å². The normalized spacial score (nSPS) is 20.0. The van der Waals surface area contributed by atoms with Crippen LogP contribution in [-0.2, 0) is 13.0 Å². The third-order valence-corrected chi connectivity index (χ3v) is 5.33. The zero-order valence-electron chi connectivity index (χ0n) is 14.2. The maximum Gasteiger partial charge on any atom is 0.123 e. The van der Waals surface area contributed by atoms with Crippen LogP contribution in [0.15, 0.2) is 48.0 Å². The molecule has 2 aliphatic rings. The Kier molecular flexibility index (Phi) is 4.38. The van der Waals surface area contributed by atoms with Crippen LogP contribution in [-0.4, -0.2) is 17.5 Å². The van der Waals surface area contributed by atoms with Gasteiger partial charge < -0.3 is 0 Å². The fourth-order valence-corrected chi connectivity index (χ4v) is 4.12. The first-order valence-electron chi connectivity index (χ1n) is 8.95. The van der Waals surface area contributed by atoms with E-state index in [4.69, 9.17) is 5.26 Å². The van der Waals surface area contributed by atoms with Gasteiger partial charge in [0.05, 0.1) is 11.6 Å². The highest BCUT2D eigenvalue weighted by Crippen LogP contribution is 2.34. The molecule has 3 heteroatoms. The van der Waals surface area contributed by atoms with Gasteiger partial charge in [0.25, 0.3) is 0 Å². The van der Waals surface area contributed by atoms with E-state index in [1.807, 2.05) is 24.3 Å². The van der Waals surface area contributed by atoms with Gasteiger partial charge in [0, 0.05) is 12.6 Å². The Morgan fingerprint density at radius 1 is 1.16 bits per heavy atom. The highest BCUT2D eigenvalue weighted by atomic mass is 19.1. The molecule has 0 saturated carbocycles. The molecule has 0 N–H and O–H groups in total. The molecule has 0 radical (unpaired) electrons. The van der Waals surface area contributed by atoms with Crippen molar-refractivity contribution < 1.29 is 4.39 Å². The average molecular weight is 332 g/mol. The second-order valence-electron chi connectivity index (χ2n) is 7.03. The Morgan fingerprint density at radius 2 is 2.08 bits per heavy atom. The molecule has 1 atom stereocenters. The van der Waals surface area contributed by atoms with Crippen LogP contribution in [0.25, 0.3) is 6.08 Å². The van der Waals surface area contributed by atoms with E-state index in [2.05, 4.69) is 23.1 Å². The van der Waals surface area contributed by atoms with Gasteiger partial charge in [-0.3, -0.25) is 4.90 Å². The molecule has 4 rings (SSSR count). The second kappa shape index (κ2) is 6.82. The number of fused-ring (bicyclic) bond motifs is 1. The molecule has 1 unspecified atom stereocenters. The van der Waals surface area contributed by atoms with Crippen molar-refractivity contribution in [3.05, 3.63) is 76.1 Å². The van der Waals surface area contributed by atoms with Gasteiger partial charge in [-0.25, -0.2) is 4.39 Å². The summed E-state index contributed by atoms with van der Waals surface area (Å²) in [5.41, 5.74) is 5.57. The number of hydrogen-bond acceptors (Lipinski definition) is 2. The van der Waals surface area contributed by atoms with E-state index >= 15 is 0 Å². The summed E-state index contributed by atoms with van der Waals surface area (Å²) in [4.78, 5) is 2.52. The van der Waals surface area contributed by atoms with Gasteiger partial charge in [0.1, 0.15) is 5.82 Å². The monoisotopic (exact) mass is 332 g/mol. The predicted molar refractivity (Wildman–Crippen MR) is 97.3 cm³/mol. The Morgan fingerprint density at radius 3 is 2.96 bits per heavy atom. The smallest absolute Gasteiger partial charge is 0.123 e. The fraction of sp³-hybridized carbons (Fsp3) is 0.318. The molecule has 0 bridgehead atoms. The zero-order valence-corrected chi connectivity index (χ0v) is 14.2. The largest absolute Gasteiger partial charge is 0.292 e. The summed E-state index contributed by atoms with van der Waals surface area (Å²) >= 11 is 0. The minimum atomic E-state index is -0.162. The molecular formula is C22H21FN2. The Hall–Kier alpha value is -2.44. The maximum absolute atomic E-state index is 13.5. The lowest BCUT2D eigenvalue weighted by Crippen LogP contribution is -2.40. The van der Waals surface area contributed by atoms with Gasteiger partial charge >= 0.3 is 0 Å². The van der Waals surface area contributed by atoms with E-state index < -0.39 is 0 Å². The van der Waals surface area contributed by atoms with Gasteiger partial charge in [0.15, 0.2) is 0 Å². The van der Waals surface area contributed by atoms with Crippen molar-refractivity contribution in [2.45, 2.75) is 38.3 Å². The summed E-state index contributed by atoms with van der Waals surface area (Å²) in [6, 6.07) is 15.6. The Labute approximate surface area is 148 Å².